The Morgan fingerprint density at radius 2 is 1.81 bits per heavy atom. The monoisotopic (exact) mass is 417 g/mol. The van der Waals surface area contributed by atoms with E-state index in [0.29, 0.717) is 28.1 Å². The zero-order valence-corrected chi connectivity index (χ0v) is 17.0. The van der Waals surface area contributed by atoms with Crippen molar-refractivity contribution in [2.75, 3.05) is 6.61 Å². The van der Waals surface area contributed by atoms with E-state index >= 15 is 0 Å². The summed E-state index contributed by atoms with van der Waals surface area (Å²) in [5, 5.41) is 19.5. The number of phenolic OH excluding ortho intramolecular Hbond substituents is 1. The van der Waals surface area contributed by atoms with Crippen LogP contribution in [0, 0.1) is 12.7 Å². The number of aromatic hydroxyl groups is 1. The van der Waals surface area contributed by atoms with Crippen molar-refractivity contribution in [3.8, 4) is 33.8 Å². The van der Waals surface area contributed by atoms with Gasteiger partial charge in [-0.2, -0.15) is 0 Å². The maximum Gasteiger partial charge on any atom is 0.342 e. The molecule has 4 rings (SSSR count). The maximum atomic E-state index is 13.3. The van der Waals surface area contributed by atoms with Gasteiger partial charge in [-0.15, -0.1) is 5.10 Å². The number of hydrogen-bond acceptors (Lipinski definition) is 5. The number of halogens is 1. The fourth-order valence-electron chi connectivity index (χ4n) is 3.45. The van der Waals surface area contributed by atoms with Gasteiger partial charge in [0.15, 0.2) is 5.75 Å². The van der Waals surface area contributed by atoms with Crippen molar-refractivity contribution in [1.29, 1.82) is 0 Å². The number of nitrogens with zero attached hydrogens (tertiary/aromatic N) is 3. The van der Waals surface area contributed by atoms with Gasteiger partial charge in [-0.05, 0) is 55.3 Å². The second-order valence-corrected chi connectivity index (χ2v) is 6.95. The molecule has 0 fully saturated rings. The van der Waals surface area contributed by atoms with E-state index in [1.54, 1.807) is 32.2 Å². The highest BCUT2D eigenvalue weighted by molar-refractivity contribution is 5.98. The number of rotatable bonds is 5. The van der Waals surface area contributed by atoms with Crippen LogP contribution in [0.25, 0.3) is 28.1 Å². The van der Waals surface area contributed by atoms with Crippen LogP contribution in [0.5, 0.6) is 5.75 Å². The van der Waals surface area contributed by atoms with E-state index in [1.165, 1.54) is 16.8 Å². The number of phenols is 1. The van der Waals surface area contributed by atoms with Gasteiger partial charge >= 0.3 is 5.97 Å². The van der Waals surface area contributed by atoms with Gasteiger partial charge in [-0.25, -0.2) is 13.9 Å². The third-order valence-electron chi connectivity index (χ3n) is 4.90. The number of aryl methyl sites for hydroxylation is 1. The highest BCUT2D eigenvalue weighted by Crippen LogP contribution is 2.38. The quantitative estimate of drug-likeness (QED) is 0.466. The molecule has 1 heterocycles. The molecule has 0 atom stereocenters. The average molecular weight is 417 g/mol. The van der Waals surface area contributed by atoms with E-state index in [1.807, 2.05) is 36.4 Å². The van der Waals surface area contributed by atoms with Crippen LogP contribution in [0.15, 0.2) is 66.9 Å². The van der Waals surface area contributed by atoms with E-state index in [-0.39, 0.29) is 23.7 Å². The molecule has 4 aromatic rings. The zero-order valence-electron chi connectivity index (χ0n) is 17.0. The number of hydrogen-bond donors (Lipinski definition) is 1. The highest BCUT2D eigenvalue weighted by Gasteiger charge is 2.24. The number of carbonyl (C=O) groups excluding carboxylic acids is 1. The van der Waals surface area contributed by atoms with Crippen LogP contribution in [0.3, 0.4) is 0 Å². The third kappa shape index (κ3) is 3.90. The minimum atomic E-state index is -0.614. The molecule has 156 valence electrons. The molecule has 0 bridgehead atoms. The van der Waals surface area contributed by atoms with Gasteiger partial charge in [0.1, 0.15) is 22.8 Å². The number of carbonyl (C=O) groups is 1. The van der Waals surface area contributed by atoms with Gasteiger partial charge in [0.25, 0.3) is 0 Å². The summed E-state index contributed by atoms with van der Waals surface area (Å²) >= 11 is 0. The maximum absolute atomic E-state index is 13.3. The van der Waals surface area contributed by atoms with Crippen LogP contribution in [0.4, 0.5) is 4.39 Å². The van der Waals surface area contributed by atoms with Crippen LogP contribution in [-0.2, 0) is 4.74 Å². The molecule has 0 amide bonds. The van der Waals surface area contributed by atoms with Crippen LogP contribution in [0.1, 0.15) is 22.8 Å². The summed E-state index contributed by atoms with van der Waals surface area (Å²) in [4.78, 5) is 12.5. The Balaban J connectivity index is 1.92. The van der Waals surface area contributed by atoms with Crippen molar-refractivity contribution < 1.29 is 19.0 Å². The van der Waals surface area contributed by atoms with Crippen LogP contribution >= 0.6 is 0 Å². The lowest BCUT2D eigenvalue weighted by atomic mass is 9.96. The van der Waals surface area contributed by atoms with E-state index in [2.05, 4.69) is 10.3 Å². The summed E-state index contributed by atoms with van der Waals surface area (Å²) < 4.78 is 19.8. The molecule has 7 heteroatoms. The van der Waals surface area contributed by atoms with E-state index in [0.717, 1.165) is 5.56 Å². The second kappa shape index (κ2) is 8.39. The summed E-state index contributed by atoms with van der Waals surface area (Å²) in [7, 11) is 0. The minimum absolute atomic E-state index is 0.0790. The molecule has 0 aliphatic rings. The predicted octanol–water partition coefficient (Wildman–Crippen LogP) is 4.93. The molecule has 31 heavy (non-hydrogen) atoms. The molecule has 0 unspecified atom stereocenters. The Hall–Kier alpha value is -4.00. The Bertz CT molecular complexity index is 1240. The molecule has 1 N–H and O–H groups in total. The number of aromatic nitrogens is 3. The van der Waals surface area contributed by atoms with Crippen molar-refractivity contribution in [3.05, 3.63) is 83.8 Å². The molecule has 0 spiro atoms. The molecule has 0 saturated heterocycles. The summed E-state index contributed by atoms with van der Waals surface area (Å²) in [6.07, 6.45) is 1.62. The first kappa shape index (κ1) is 20.3. The van der Waals surface area contributed by atoms with Gasteiger partial charge in [0.05, 0.1) is 12.8 Å². The predicted molar refractivity (Wildman–Crippen MR) is 115 cm³/mol. The smallest absolute Gasteiger partial charge is 0.342 e. The van der Waals surface area contributed by atoms with Crippen molar-refractivity contribution in [1.82, 2.24) is 15.0 Å². The molecule has 0 radical (unpaired) electrons. The summed E-state index contributed by atoms with van der Waals surface area (Å²) in [5.74, 6) is -1.21. The van der Waals surface area contributed by atoms with Crippen molar-refractivity contribution in [3.63, 3.8) is 0 Å². The highest BCUT2D eigenvalue weighted by atomic mass is 19.1. The Morgan fingerprint density at radius 3 is 2.48 bits per heavy atom. The van der Waals surface area contributed by atoms with Crippen molar-refractivity contribution in [2.45, 2.75) is 13.8 Å². The standard InChI is InChI=1S/C24H20FN3O3/c1-3-31-24(30)21-15(2)13-19(16-7-5-4-6-8-16)22(23(21)29)28-14-20(26-27-28)17-9-11-18(25)12-10-17/h4-14,29H,3H2,1-2H3. The first-order valence-electron chi connectivity index (χ1n) is 9.77. The lowest BCUT2D eigenvalue weighted by Crippen LogP contribution is -2.10. The first-order valence-corrected chi connectivity index (χ1v) is 9.77. The third-order valence-corrected chi connectivity index (χ3v) is 4.90. The largest absolute Gasteiger partial charge is 0.505 e. The van der Waals surface area contributed by atoms with E-state index < -0.39 is 5.97 Å². The van der Waals surface area contributed by atoms with Gasteiger partial charge in [-0.3, -0.25) is 0 Å². The van der Waals surface area contributed by atoms with Gasteiger partial charge in [0, 0.05) is 11.1 Å². The summed E-state index contributed by atoms with van der Waals surface area (Å²) in [6, 6.07) is 17.2. The number of esters is 1. The van der Waals surface area contributed by atoms with Crippen LogP contribution in [-0.4, -0.2) is 32.7 Å². The van der Waals surface area contributed by atoms with Gasteiger partial charge in [0.2, 0.25) is 0 Å². The summed E-state index contributed by atoms with van der Waals surface area (Å²) in [6.45, 7) is 3.63. The fraction of sp³-hybridized carbons (Fsp3) is 0.125. The van der Waals surface area contributed by atoms with Gasteiger partial charge < -0.3 is 9.84 Å². The average Bonchev–Trinajstić information content (AvgIpc) is 3.24. The molecule has 1 aromatic heterocycles. The van der Waals surface area contributed by atoms with E-state index in [9.17, 15) is 14.3 Å². The Kier molecular flexibility index (Phi) is 5.49. The molecule has 0 aliphatic heterocycles. The van der Waals surface area contributed by atoms with Crippen molar-refractivity contribution >= 4 is 5.97 Å². The first-order chi connectivity index (χ1) is 15.0. The van der Waals surface area contributed by atoms with Gasteiger partial charge in [-0.1, -0.05) is 35.5 Å². The molecule has 3 aromatic carbocycles. The van der Waals surface area contributed by atoms with Crippen LogP contribution in [0.2, 0.25) is 0 Å². The Labute approximate surface area is 178 Å². The summed E-state index contributed by atoms with van der Waals surface area (Å²) in [5.41, 5.74) is 3.65. The van der Waals surface area contributed by atoms with Crippen molar-refractivity contribution in [2.24, 2.45) is 0 Å². The van der Waals surface area contributed by atoms with E-state index in [4.69, 9.17) is 4.74 Å². The molecule has 0 aliphatic carbocycles. The Morgan fingerprint density at radius 1 is 1.10 bits per heavy atom. The fourth-order valence-corrected chi connectivity index (χ4v) is 3.45. The van der Waals surface area contributed by atoms with Crippen LogP contribution < -0.4 is 0 Å². The topological polar surface area (TPSA) is 77.2 Å². The SMILES string of the molecule is CCOC(=O)c1c(C)cc(-c2ccccc2)c(-n2cc(-c3ccc(F)cc3)nn2)c1O. The number of benzene rings is 3. The normalized spacial score (nSPS) is 10.8. The second-order valence-electron chi connectivity index (χ2n) is 6.95. The minimum Gasteiger partial charge on any atom is -0.505 e. The molecular formula is C24H20FN3O3. The molecular weight excluding hydrogens is 397 g/mol. The zero-order chi connectivity index (χ0) is 22.0. The lowest BCUT2D eigenvalue weighted by Gasteiger charge is -2.16. The molecule has 0 saturated carbocycles. The number of ether oxygens (including phenoxy) is 1. The lowest BCUT2D eigenvalue weighted by molar-refractivity contribution is 0.0522. The molecule has 6 nitrogen and oxygen atoms in total.